The summed E-state index contributed by atoms with van der Waals surface area (Å²) in [5.74, 6) is -1.82. The molecule has 8 heteroatoms. The SMILES string of the molecule is O=C(O)[C@@H]1C[C@@H](n2oc(=O)[nH]c2=O)CN1. The quantitative estimate of drug-likeness (QED) is 0.531. The van der Waals surface area contributed by atoms with Gasteiger partial charge in [0.1, 0.15) is 6.04 Å². The number of carboxylic acids is 1. The highest BCUT2D eigenvalue weighted by Gasteiger charge is 2.32. The Morgan fingerprint density at radius 1 is 1.53 bits per heavy atom. The fraction of sp³-hybridized carbons (Fsp3) is 0.571. The van der Waals surface area contributed by atoms with Gasteiger partial charge in [0.25, 0.3) is 0 Å². The Hall–Kier alpha value is -1.83. The van der Waals surface area contributed by atoms with E-state index in [4.69, 9.17) is 5.11 Å². The van der Waals surface area contributed by atoms with Crippen LogP contribution in [0.1, 0.15) is 12.5 Å². The molecule has 3 N–H and O–H groups in total. The number of hydrogen-bond acceptors (Lipinski definition) is 5. The molecule has 0 aliphatic carbocycles. The standard InChI is InChI=1S/C7H9N3O5/c11-5(12)4-1-3(2-8-4)10-6(13)9-7(14)15-10/h3-4,8H,1-2H2,(H,11,12)(H,9,13,14)/t3-,4+/m1/s1. The summed E-state index contributed by atoms with van der Waals surface area (Å²) in [7, 11) is 0. The predicted molar refractivity (Wildman–Crippen MR) is 46.7 cm³/mol. The van der Waals surface area contributed by atoms with Gasteiger partial charge in [-0.2, -0.15) is 0 Å². The number of nitrogens with one attached hydrogen (secondary N) is 2. The van der Waals surface area contributed by atoms with Crippen molar-refractivity contribution in [3.63, 3.8) is 0 Å². The van der Waals surface area contributed by atoms with E-state index in [-0.39, 0.29) is 13.0 Å². The third-order valence-electron chi connectivity index (χ3n) is 2.33. The second kappa shape index (κ2) is 3.39. The van der Waals surface area contributed by atoms with Crippen molar-refractivity contribution >= 4 is 5.97 Å². The predicted octanol–water partition coefficient (Wildman–Crippen LogP) is -1.88. The molecule has 1 saturated heterocycles. The second-order valence-electron chi connectivity index (χ2n) is 3.32. The number of carboxylic acid groups (broad SMARTS) is 1. The van der Waals surface area contributed by atoms with Crippen LogP contribution in [0.4, 0.5) is 0 Å². The zero-order valence-electron chi connectivity index (χ0n) is 7.60. The largest absolute Gasteiger partial charge is 0.480 e. The average molecular weight is 215 g/mol. The van der Waals surface area contributed by atoms with Crippen LogP contribution in [0.25, 0.3) is 0 Å². The van der Waals surface area contributed by atoms with Crippen LogP contribution in [-0.4, -0.2) is 33.4 Å². The van der Waals surface area contributed by atoms with Crippen molar-refractivity contribution in [2.75, 3.05) is 6.54 Å². The molecule has 1 fully saturated rings. The van der Waals surface area contributed by atoms with E-state index in [1.54, 1.807) is 0 Å². The zero-order chi connectivity index (χ0) is 11.0. The maximum Gasteiger partial charge on any atom is 0.440 e. The van der Waals surface area contributed by atoms with Crippen molar-refractivity contribution in [3.8, 4) is 0 Å². The van der Waals surface area contributed by atoms with Crippen LogP contribution in [0.3, 0.4) is 0 Å². The zero-order valence-corrected chi connectivity index (χ0v) is 7.60. The Balaban J connectivity index is 2.21. The molecule has 2 atom stereocenters. The molecular weight excluding hydrogens is 206 g/mol. The molecule has 8 nitrogen and oxygen atoms in total. The summed E-state index contributed by atoms with van der Waals surface area (Å²) in [6.07, 6.45) is 0.218. The fourth-order valence-corrected chi connectivity index (χ4v) is 1.62. The highest BCUT2D eigenvalue weighted by atomic mass is 16.5. The normalized spacial score (nSPS) is 25.6. The topological polar surface area (TPSA) is 117 Å². The van der Waals surface area contributed by atoms with Crippen LogP contribution in [0.5, 0.6) is 0 Å². The lowest BCUT2D eigenvalue weighted by Gasteiger charge is -2.04. The summed E-state index contributed by atoms with van der Waals surface area (Å²) in [6.45, 7) is 0.289. The van der Waals surface area contributed by atoms with Crippen LogP contribution in [0.15, 0.2) is 14.1 Å². The highest BCUT2D eigenvalue weighted by molar-refractivity contribution is 5.73. The van der Waals surface area contributed by atoms with Gasteiger partial charge in [-0.3, -0.25) is 4.79 Å². The Morgan fingerprint density at radius 2 is 2.27 bits per heavy atom. The lowest BCUT2D eigenvalue weighted by Crippen LogP contribution is -2.30. The molecule has 15 heavy (non-hydrogen) atoms. The maximum absolute atomic E-state index is 11.1. The van der Waals surface area contributed by atoms with Gasteiger partial charge < -0.3 is 14.9 Å². The van der Waals surface area contributed by atoms with E-state index in [1.165, 1.54) is 0 Å². The van der Waals surface area contributed by atoms with Crippen molar-refractivity contribution in [2.24, 2.45) is 0 Å². The monoisotopic (exact) mass is 215 g/mol. The number of aromatic amines is 1. The van der Waals surface area contributed by atoms with E-state index < -0.39 is 29.5 Å². The van der Waals surface area contributed by atoms with Crippen LogP contribution in [0.2, 0.25) is 0 Å². The lowest BCUT2D eigenvalue weighted by molar-refractivity contribution is -0.139. The minimum atomic E-state index is -0.983. The number of carbonyl (C=O) groups is 1. The van der Waals surface area contributed by atoms with E-state index >= 15 is 0 Å². The molecule has 0 radical (unpaired) electrons. The van der Waals surface area contributed by atoms with Crippen LogP contribution in [-0.2, 0) is 4.79 Å². The van der Waals surface area contributed by atoms with Gasteiger partial charge in [0.2, 0.25) is 0 Å². The summed E-state index contributed by atoms with van der Waals surface area (Å²) in [5, 5.41) is 11.4. The molecule has 0 bridgehead atoms. The van der Waals surface area contributed by atoms with Gasteiger partial charge in [0.15, 0.2) is 0 Å². The number of nitrogens with zero attached hydrogens (tertiary/aromatic N) is 1. The number of rotatable bonds is 2. The van der Waals surface area contributed by atoms with E-state index in [1.807, 2.05) is 4.98 Å². The summed E-state index contributed by atoms with van der Waals surface area (Å²) in [6, 6.07) is -1.14. The van der Waals surface area contributed by atoms with Crippen LogP contribution in [0, 0.1) is 0 Å². The van der Waals surface area contributed by atoms with Gasteiger partial charge in [-0.25, -0.2) is 14.6 Å². The molecule has 0 aromatic carbocycles. The first-order chi connectivity index (χ1) is 7.08. The fourth-order valence-electron chi connectivity index (χ4n) is 1.62. The van der Waals surface area contributed by atoms with Gasteiger partial charge in [-0.15, -0.1) is 4.74 Å². The number of aromatic nitrogens is 2. The Morgan fingerprint density at radius 3 is 2.73 bits per heavy atom. The Labute approximate surface area is 82.5 Å². The van der Waals surface area contributed by atoms with Gasteiger partial charge in [0.05, 0.1) is 6.04 Å². The second-order valence-corrected chi connectivity index (χ2v) is 3.32. The first-order valence-electron chi connectivity index (χ1n) is 4.36. The van der Waals surface area contributed by atoms with Crippen molar-refractivity contribution < 1.29 is 14.4 Å². The van der Waals surface area contributed by atoms with Crippen molar-refractivity contribution in [2.45, 2.75) is 18.5 Å². The van der Waals surface area contributed by atoms with E-state index in [0.29, 0.717) is 0 Å². The van der Waals surface area contributed by atoms with Gasteiger partial charge in [-0.05, 0) is 6.42 Å². The molecule has 2 rings (SSSR count). The van der Waals surface area contributed by atoms with Gasteiger partial charge >= 0.3 is 17.4 Å². The third-order valence-corrected chi connectivity index (χ3v) is 2.33. The molecule has 82 valence electrons. The molecule has 1 aromatic heterocycles. The Kier molecular flexibility index (Phi) is 2.19. The minimum Gasteiger partial charge on any atom is -0.480 e. The van der Waals surface area contributed by atoms with Gasteiger partial charge in [0, 0.05) is 6.54 Å². The smallest absolute Gasteiger partial charge is 0.440 e. The summed E-state index contributed by atoms with van der Waals surface area (Å²) in [4.78, 5) is 34.4. The number of aliphatic carboxylic acids is 1. The molecule has 1 aliphatic heterocycles. The van der Waals surface area contributed by atoms with Crippen molar-refractivity contribution in [3.05, 3.63) is 21.0 Å². The van der Waals surface area contributed by atoms with Gasteiger partial charge in [-0.1, -0.05) is 0 Å². The van der Waals surface area contributed by atoms with Crippen LogP contribution >= 0.6 is 0 Å². The van der Waals surface area contributed by atoms with Crippen molar-refractivity contribution in [1.82, 2.24) is 15.0 Å². The first kappa shape index (κ1) is 9.71. The molecule has 1 aromatic rings. The summed E-state index contributed by atoms with van der Waals surface area (Å²) >= 11 is 0. The van der Waals surface area contributed by atoms with E-state index in [9.17, 15) is 14.4 Å². The minimum absolute atomic E-state index is 0.218. The molecule has 0 amide bonds. The highest BCUT2D eigenvalue weighted by Crippen LogP contribution is 2.17. The summed E-state index contributed by atoms with van der Waals surface area (Å²) in [5.41, 5.74) is -0.655. The van der Waals surface area contributed by atoms with E-state index in [2.05, 4.69) is 9.84 Å². The van der Waals surface area contributed by atoms with Crippen LogP contribution < -0.4 is 16.8 Å². The Bertz CT molecular complexity index is 483. The van der Waals surface area contributed by atoms with E-state index in [0.717, 1.165) is 4.74 Å². The molecule has 2 heterocycles. The molecule has 0 unspecified atom stereocenters. The molecule has 1 aliphatic rings. The summed E-state index contributed by atoms with van der Waals surface area (Å²) < 4.78 is 5.46. The molecular formula is C7H9N3O5. The van der Waals surface area contributed by atoms with Crippen molar-refractivity contribution in [1.29, 1.82) is 0 Å². The number of hydrogen-bond donors (Lipinski definition) is 3. The average Bonchev–Trinajstić information content (AvgIpc) is 2.71. The maximum atomic E-state index is 11.1. The molecule has 0 spiro atoms. The first-order valence-corrected chi connectivity index (χ1v) is 4.36. The third kappa shape index (κ3) is 1.71. The lowest BCUT2D eigenvalue weighted by atomic mass is 10.2. The molecule has 0 saturated carbocycles. The number of H-pyrrole nitrogens is 1.